The molecule has 0 N–H and O–H groups in total. The van der Waals surface area contributed by atoms with E-state index in [-0.39, 0.29) is 11.9 Å². The van der Waals surface area contributed by atoms with Gasteiger partial charge < -0.3 is 9.47 Å². The number of hydrogen-bond acceptors (Lipinski definition) is 3. The van der Waals surface area contributed by atoms with Crippen LogP contribution in [0.15, 0.2) is 30.3 Å². The lowest BCUT2D eigenvalue weighted by Crippen LogP contribution is -2.19. The summed E-state index contributed by atoms with van der Waals surface area (Å²) in [6.07, 6.45) is 2.86. The highest BCUT2D eigenvalue weighted by atomic mass is 16.5. The lowest BCUT2D eigenvalue weighted by molar-refractivity contribution is -0.142. The number of hydrogen-bond donors (Lipinski definition) is 0. The predicted molar refractivity (Wildman–Crippen MR) is 109 cm³/mol. The third-order valence-electron chi connectivity index (χ3n) is 5.41. The molecule has 2 aromatic rings. The number of carbonyl (C=O) groups is 1. The normalized spacial score (nSPS) is 14.4. The Bertz CT molecular complexity index is 836. The van der Waals surface area contributed by atoms with Crippen molar-refractivity contribution in [1.29, 1.82) is 0 Å². The van der Waals surface area contributed by atoms with Gasteiger partial charge in [-0.05, 0) is 84.5 Å². The Kier molecular flexibility index (Phi) is 5.88. The molecule has 0 aromatic heterocycles. The summed E-state index contributed by atoms with van der Waals surface area (Å²) < 4.78 is 11.0. The van der Waals surface area contributed by atoms with Crippen molar-refractivity contribution < 1.29 is 14.3 Å². The first-order valence-corrected chi connectivity index (χ1v) is 9.86. The van der Waals surface area contributed by atoms with Gasteiger partial charge in [0, 0.05) is 0 Å². The molecular weight excluding hydrogens is 336 g/mol. The summed E-state index contributed by atoms with van der Waals surface area (Å²) in [5, 5.41) is 0. The second-order valence-electron chi connectivity index (χ2n) is 7.97. The predicted octanol–water partition coefficient (Wildman–Crippen LogP) is 5.60. The molecule has 0 saturated heterocycles. The number of rotatable bonds is 5. The quantitative estimate of drug-likeness (QED) is 0.646. The topological polar surface area (TPSA) is 35.5 Å². The molecule has 1 aliphatic heterocycles. The minimum Gasteiger partial charge on any atom is -0.493 e. The molecule has 0 amide bonds. The smallest absolute Gasteiger partial charge is 0.313 e. The van der Waals surface area contributed by atoms with Crippen LogP contribution in [-0.2, 0) is 16.0 Å². The number of aryl methyl sites for hydroxylation is 3. The average Bonchev–Trinajstić information content (AvgIpc) is 2.66. The second-order valence-corrected chi connectivity index (χ2v) is 7.97. The Morgan fingerprint density at radius 1 is 1.15 bits per heavy atom. The Morgan fingerprint density at radius 3 is 2.59 bits per heavy atom. The largest absolute Gasteiger partial charge is 0.493 e. The van der Waals surface area contributed by atoms with Crippen molar-refractivity contribution in [3.63, 3.8) is 0 Å². The average molecular weight is 367 g/mol. The number of ether oxygens (including phenoxy) is 2. The van der Waals surface area contributed by atoms with Crippen LogP contribution in [0.1, 0.15) is 54.9 Å². The van der Waals surface area contributed by atoms with E-state index >= 15 is 0 Å². The van der Waals surface area contributed by atoms with Crippen LogP contribution in [0.2, 0.25) is 0 Å². The van der Waals surface area contributed by atoms with E-state index in [1.165, 1.54) is 23.8 Å². The maximum Gasteiger partial charge on any atom is 0.313 e. The molecule has 3 nitrogen and oxygen atoms in total. The molecule has 144 valence electrons. The van der Waals surface area contributed by atoms with E-state index < -0.39 is 0 Å². The SMILES string of the molecule is COC(=O)C(CC(C)C)c1c(C)ccc(C)c1-c1ccc2c(c1)CCCO2. The summed E-state index contributed by atoms with van der Waals surface area (Å²) in [6, 6.07) is 10.7. The zero-order chi connectivity index (χ0) is 19.6. The first-order valence-electron chi connectivity index (χ1n) is 9.86. The summed E-state index contributed by atoms with van der Waals surface area (Å²) in [6.45, 7) is 9.31. The van der Waals surface area contributed by atoms with E-state index in [0.717, 1.165) is 48.3 Å². The zero-order valence-electron chi connectivity index (χ0n) is 17.1. The zero-order valence-corrected chi connectivity index (χ0v) is 17.1. The summed E-state index contributed by atoms with van der Waals surface area (Å²) in [5.41, 5.74) is 7.01. The van der Waals surface area contributed by atoms with Gasteiger partial charge in [0.25, 0.3) is 0 Å². The highest BCUT2D eigenvalue weighted by Gasteiger charge is 2.28. The van der Waals surface area contributed by atoms with Crippen molar-refractivity contribution in [1.82, 2.24) is 0 Å². The van der Waals surface area contributed by atoms with Gasteiger partial charge in [-0.3, -0.25) is 4.79 Å². The summed E-state index contributed by atoms with van der Waals surface area (Å²) in [7, 11) is 1.48. The van der Waals surface area contributed by atoms with Crippen LogP contribution in [0.4, 0.5) is 0 Å². The molecule has 2 aromatic carbocycles. The van der Waals surface area contributed by atoms with Crippen LogP contribution in [0.5, 0.6) is 5.75 Å². The number of carbonyl (C=O) groups excluding carboxylic acids is 1. The van der Waals surface area contributed by atoms with Crippen LogP contribution in [0.3, 0.4) is 0 Å². The van der Waals surface area contributed by atoms with E-state index in [4.69, 9.17) is 9.47 Å². The summed E-state index contributed by atoms with van der Waals surface area (Å²) in [4.78, 5) is 12.7. The van der Waals surface area contributed by atoms with Crippen molar-refractivity contribution in [3.8, 4) is 16.9 Å². The van der Waals surface area contributed by atoms with Gasteiger partial charge in [-0.25, -0.2) is 0 Å². The fraction of sp³-hybridized carbons (Fsp3) is 0.458. The van der Waals surface area contributed by atoms with E-state index in [1.807, 2.05) is 0 Å². The van der Waals surface area contributed by atoms with Gasteiger partial charge in [0.1, 0.15) is 5.75 Å². The Hall–Kier alpha value is -2.29. The molecular formula is C24H30O3. The third-order valence-corrected chi connectivity index (χ3v) is 5.41. The lowest BCUT2D eigenvalue weighted by atomic mass is 9.80. The highest BCUT2D eigenvalue weighted by Crippen LogP contribution is 2.40. The Labute approximate surface area is 162 Å². The van der Waals surface area contributed by atoms with E-state index in [9.17, 15) is 4.79 Å². The maximum atomic E-state index is 12.7. The Balaban J connectivity index is 2.18. The summed E-state index contributed by atoms with van der Waals surface area (Å²) in [5.74, 6) is 0.986. The molecule has 0 aliphatic carbocycles. The van der Waals surface area contributed by atoms with Crippen LogP contribution in [-0.4, -0.2) is 19.7 Å². The van der Waals surface area contributed by atoms with Crippen molar-refractivity contribution in [2.75, 3.05) is 13.7 Å². The van der Waals surface area contributed by atoms with E-state index in [0.29, 0.717) is 5.92 Å². The molecule has 1 atom stereocenters. The molecule has 0 fully saturated rings. The fourth-order valence-corrected chi connectivity index (χ4v) is 4.13. The van der Waals surface area contributed by atoms with Crippen LogP contribution in [0.25, 0.3) is 11.1 Å². The summed E-state index contributed by atoms with van der Waals surface area (Å²) >= 11 is 0. The molecule has 1 unspecified atom stereocenters. The van der Waals surface area contributed by atoms with Crippen molar-refractivity contribution in [3.05, 3.63) is 52.6 Å². The molecule has 3 rings (SSSR count). The van der Waals surface area contributed by atoms with Gasteiger partial charge in [-0.2, -0.15) is 0 Å². The highest BCUT2D eigenvalue weighted by molar-refractivity contribution is 5.85. The lowest BCUT2D eigenvalue weighted by Gasteiger charge is -2.25. The molecule has 1 heterocycles. The number of fused-ring (bicyclic) bond motifs is 1. The number of benzene rings is 2. The van der Waals surface area contributed by atoms with Gasteiger partial charge in [0.15, 0.2) is 0 Å². The minimum atomic E-state index is -0.253. The van der Waals surface area contributed by atoms with Gasteiger partial charge in [-0.15, -0.1) is 0 Å². The first-order chi connectivity index (χ1) is 12.9. The standard InChI is InChI=1S/C24H30O3/c1-15(2)13-20(24(25)26-5)23-17(4)9-8-16(3)22(23)19-10-11-21-18(14-19)7-6-12-27-21/h8-11,14-15,20H,6-7,12-13H2,1-5H3. The van der Waals surface area contributed by atoms with Gasteiger partial charge in [-0.1, -0.05) is 32.0 Å². The number of methoxy groups -OCH3 is 1. The van der Waals surface area contributed by atoms with Crippen molar-refractivity contribution in [2.45, 2.75) is 52.9 Å². The van der Waals surface area contributed by atoms with Gasteiger partial charge in [0.05, 0.1) is 19.6 Å². The molecule has 0 spiro atoms. The van der Waals surface area contributed by atoms with Gasteiger partial charge >= 0.3 is 5.97 Å². The molecule has 3 heteroatoms. The Morgan fingerprint density at radius 2 is 1.89 bits per heavy atom. The van der Waals surface area contributed by atoms with E-state index in [1.54, 1.807) is 0 Å². The second kappa shape index (κ2) is 8.16. The van der Waals surface area contributed by atoms with Gasteiger partial charge in [0.2, 0.25) is 0 Å². The van der Waals surface area contributed by atoms with E-state index in [2.05, 4.69) is 58.0 Å². The van der Waals surface area contributed by atoms with Crippen LogP contribution >= 0.6 is 0 Å². The molecule has 0 bridgehead atoms. The third kappa shape index (κ3) is 4.02. The minimum absolute atomic E-state index is 0.153. The van der Waals surface area contributed by atoms with Crippen molar-refractivity contribution in [2.24, 2.45) is 5.92 Å². The number of esters is 1. The van der Waals surface area contributed by atoms with Crippen LogP contribution < -0.4 is 4.74 Å². The fourth-order valence-electron chi connectivity index (χ4n) is 4.13. The van der Waals surface area contributed by atoms with Crippen LogP contribution in [0, 0.1) is 19.8 Å². The molecule has 0 radical (unpaired) electrons. The molecule has 27 heavy (non-hydrogen) atoms. The molecule has 1 aliphatic rings. The maximum absolute atomic E-state index is 12.7. The monoisotopic (exact) mass is 366 g/mol. The first kappa shape index (κ1) is 19.5. The molecule has 0 saturated carbocycles. The van der Waals surface area contributed by atoms with Crippen molar-refractivity contribution >= 4 is 5.97 Å².